The van der Waals surface area contributed by atoms with Crippen LogP contribution in [0.25, 0.3) is 0 Å². The zero-order valence-corrected chi connectivity index (χ0v) is 12.6. The fourth-order valence-electron chi connectivity index (χ4n) is 1.56. The van der Waals surface area contributed by atoms with Crippen molar-refractivity contribution in [2.75, 3.05) is 19.3 Å². The van der Waals surface area contributed by atoms with Gasteiger partial charge in [0.05, 0.1) is 5.56 Å². The van der Waals surface area contributed by atoms with Gasteiger partial charge in [0.2, 0.25) is 0 Å². The molecular weight excluding hydrogens is 304 g/mol. The Morgan fingerprint density at radius 3 is 2.53 bits per heavy atom. The summed E-state index contributed by atoms with van der Waals surface area (Å²) in [6.45, 7) is 4.89. The van der Waals surface area contributed by atoms with Crippen LogP contribution in [0.15, 0.2) is 22.7 Å². The molecular formula is C12H18BrClN2O. The molecule has 0 saturated heterocycles. The molecule has 96 valence electrons. The lowest BCUT2D eigenvalue weighted by molar-refractivity contribution is 0.0780. The van der Waals surface area contributed by atoms with Gasteiger partial charge in [0.25, 0.3) is 5.91 Å². The van der Waals surface area contributed by atoms with E-state index in [1.165, 1.54) is 0 Å². The minimum absolute atomic E-state index is 0. The van der Waals surface area contributed by atoms with Crippen molar-refractivity contribution in [3.8, 4) is 0 Å². The molecule has 3 nitrogen and oxygen atoms in total. The molecule has 1 amide bonds. The standard InChI is InChI=1S/C12H17BrN2O.ClH/c1-8(2)7-15(3)12(16)10-5-4-9(13)6-11(10)14;/h4-6,8H,7,14H2,1-3H3;1H. The predicted molar refractivity (Wildman–Crippen MR) is 77.6 cm³/mol. The monoisotopic (exact) mass is 320 g/mol. The first-order valence-electron chi connectivity index (χ1n) is 5.22. The minimum atomic E-state index is -0.0290. The van der Waals surface area contributed by atoms with Gasteiger partial charge in [0.1, 0.15) is 0 Å². The summed E-state index contributed by atoms with van der Waals surface area (Å²) in [5.74, 6) is 0.421. The lowest BCUT2D eigenvalue weighted by atomic mass is 10.1. The molecule has 1 aromatic rings. The Bertz CT molecular complexity index is 396. The van der Waals surface area contributed by atoms with Gasteiger partial charge < -0.3 is 10.6 Å². The maximum absolute atomic E-state index is 12.0. The Morgan fingerprint density at radius 2 is 2.06 bits per heavy atom. The van der Waals surface area contributed by atoms with Crippen LogP contribution in [0.3, 0.4) is 0 Å². The van der Waals surface area contributed by atoms with Gasteiger partial charge in [-0.15, -0.1) is 12.4 Å². The molecule has 0 unspecified atom stereocenters. The summed E-state index contributed by atoms with van der Waals surface area (Å²) in [7, 11) is 1.80. The maximum Gasteiger partial charge on any atom is 0.255 e. The number of benzene rings is 1. The van der Waals surface area contributed by atoms with E-state index in [2.05, 4.69) is 29.8 Å². The predicted octanol–water partition coefficient (Wildman–Crippen LogP) is 3.18. The third-order valence-corrected chi connectivity index (χ3v) is 2.72. The Hall–Kier alpha value is -0.740. The molecule has 2 N–H and O–H groups in total. The van der Waals surface area contributed by atoms with Crippen molar-refractivity contribution in [2.24, 2.45) is 5.92 Å². The van der Waals surface area contributed by atoms with Crippen molar-refractivity contribution >= 4 is 39.9 Å². The number of hydrogen-bond donors (Lipinski definition) is 1. The highest BCUT2D eigenvalue weighted by Gasteiger charge is 2.15. The largest absolute Gasteiger partial charge is 0.398 e. The second-order valence-electron chi connectivity index (χ2n) is 4.31. The van der Waals surface area contributed by atoms with Crippen molar-refractivity contribution in [2.45, 2.75) is 13.8 Å². The number of nitrogens with zero attached hydrogens (tertiary/aromatic N) is 1. The van der Waals surface area contributed by atoms with E-state index in [4.69, 9.17) is 5.73 Å². The smallest absolute Gasteiger partial charge is 0.255 e. The highest BCUT2D eigenvalue weighted by Crippen LogP contribution is 2.19. The molecule has 0 aromatic heterocycles. The first-order chi connectivity index (χ1) is 7.41. The molecule has 0 heterocycles. The van der Waals surface area contributed by atoms with Crippen molar-refractivity contribution < 1.29 is 4.79 Å². The molecule has 1 rings (SSSR count). The zero-order valence-electron chi connectivity index (χ0n) is 10.2. The van der Waals surface area contributed by atoms with Crippen molar-refractivity contribution in [3.63, 3.8) is 0 Å². The Balaban J connectivity index is 0.00000256. The number of nitrogen functional groups attached to an aromatic ring is 1. The molecule has 0 aliphatic heterocycles. The van der Waals surface area contributed by atoms with E-state index in [-0.39, 0.29) is 18.3 Å². The van der Waals surface area contributed by atoms with E-state index in [1.807, 2.05) is 6.07 Å². The number of nitrogens with two attached hydrogens (primary N) is 1. The number of carbonyl (C=O) groups excluding carboxylic acids is 1. The van der Waals surface area contributed by atoms with Gasteiger partial charge in [-0.1, -0.05) is 29.8 Å². The molecule has 0 atom stereocenters. The van der Waals surface area contributed by atoms with Gasteiger partial charge in [-0.3, -0.25) is 4.79 Å². The fourth-order valence-corrected chi connectivity index (χ4v) is 1.94. The lowest BCUT2D eigenvalue weighted by Gasteiger charge is -2.20. The molecule has 5 heteroatoms. The average molecular weight is 322 g/mol. The summed E-state index contributed by atoms with van der Waals surface area (Å²) in [5.41, 5.74) is 6.88. The molecule has 17 heavy (non-hydrogen) atoms. The third-order valence-electron chi connectivity index (χ3n) is 2.23. The van der Waals surface area contributed by atoms with Crippen LogP contribution in [0.2, 0.25) is 0 Å². The summed E-state index contributed by atoms with van der Waals surface area (Å²) in [4.78, 5) is 13.7. The molecule has 0 bridgehead atoms. The Morgan fingerprint density at radius 1 is 1.47 bits per heavy atom. The van der Waals surface area contributed by atoms with Crippen LogP contribution in [0.4, 0.5) is 5.69 Å². The molecule has 0 radical (unpaired) electrons. The van der Waals surface area contributed by atoms with E-state index in [0.717, 1.165) is 11.0 Å². The topological polar surface area (TPSA) is 46.3 Å². The summed E-state index contributed by atoms with van der Waals surface area (Å²) < 4.78 is 0.882. The van der Waals surface area contributed by atoms with Gasteiger partial charge in [-0.25, -0.2) is 0 Å². The molecule has 1 aromatic carbocycles. The van der Waals surface area contributed by atoms with Gasteiger partial charge >= 0.3 is 0 Å². The lowest BCUT2D eigenvalue weighted by Crippen LogP contribution is -2.30. The highest BCUT2D eigenvalue weighted by atomic mass is 79.9. The number of carbonyl (C=O) groups is 1. The number of halogens is 2. The van der Waals surface area contributed by atoms with E-state index in [0.29, 0.717) is 17.2 Å². The van der Waals surface area contributed by atoms with Crippen LogP contribution in [0.5, 0.6) is 0 Å². The van der Waals surface area contributed by atoms with Crippen LogP contribution >= 0.6 is 28.3 Å². The number of amides is 1. The highest BCUT2D eigenvalue weighted by molar-refractivity contribution is 9.10. The second kappa shape index (κ2) is 6.87. The summed E-state index contributed by atoms with van der Waals surface area (Å²) in [6.07, 6.45) is 0. The number of anilines is 1. The van der Waals surface area contributed by atoms with E-state index >= 15 is 0 Å². The van der Waals surface area contributed by atoms with Gasteiger partial charge in [-0.2, -0.15) is 0 Å². The SMILES string of the molecule is CC(C)CN(C)C(=O)c1ccc(Br)cc1N.Cl. The van der Waals surface area contributed by atoms with Crippen LogP contribution in [-0.4, -0.2) is 24.4 Å². The summed E-state index contributed by atoms with van der Waals surface area (Å²) in [6, 6.07) is 5.32. The van der Waals surface area contributed by atoms with Crippen molar-refractivity contribution in [1.82, 2.24) is 4.90 Å². The van der Waals surface area contributed by atoms with E-state index < -0.39 is 0 Å². The first kappa shape index (κ1) is 16.3. The van der Waals surface area contributed by atoms with E-state index in [9.17, 15) is 4.79 Å². The van der Waals surface area contributed by atoms with Crippen molar-refractivity contribution in [1.29, 1.82) is 0 Å². The van der Waals surface area contributed by atoms with Crippen LogP contribution in [0.1, 0.15) is 24.2 Å². The molecule has 0 saturated carbocycles. The summed E-state index contributed by atoms with van der Waals surface area (Å²) in [5, 5.41) is 0. The zero-order chi connectivity index (χ0) is 12.3. The summed E-state index contributed by atoms with van der Waals surface area (Å²) >= 11 is 3.32. The maximum atomic E-state index is 12.0. The van der Waals surface area contributed by atoms with Gasteiger partial charge in [0, 0.05) is 23.8 Å². The van der Waals surface area contributed by atoms with Gasteiger partial charge in [0.15, 0.2) is 0 Å². The van der Waals surface area contributed by atoms with Crippen LogP contribution in [-0.2, 0) is 0 Å². The third kappa shape index (κ3) is 4.56. The Kier molecular flexibility index (Phi) is 6.57. The normalized spacial score (nSPS) is 9.94. The van der Waals surface area contributed by atoms with Crippen LogP contribution < -0.4 is 5.73 Å². The molecule has 0 aliphatic rings. The molecule has 0 fully saturated rings. The van der Waals surface area contributed by atoms with Crippen LogP contribution in [0, 0.1) is 5.92 Å². The number of hydrogen-bond acceptors (Lipinski definition) is 2. The van der Waals surface area contributed by atoms with Crippen molar-refractivity contribution in [3.05, 3.63) is 28.2 Å². The minimum Gasteiger partial charge on any atom is -0.398 e. The fraction of sp³-hybridized carbons (Fsp3) is 0.417. The average Bonchev–Trinajstić information content (AvgIpc) is 2.15. The Labute approximate surface area is 117 Å². The number of rotatable bonds is 3. The molecule has 0 spiro atoms. The van der Waals surface area contributed by atoms with Gasteiger partial charge in [-0.05, 0) is 24.1 Å². The molecule has 0 aliphatic carbocycles. The first-order valence-corrected chi connectivity index (χ1v) is 6.01. The van der Waals surface area contributed by atoms with E-state index in [1.54, 1.807) is 24.1 Å². The second-order valence-corrected chi connectivity index (χ2v) is 5.23. The quantitative estimate of drug-likeness (QED) is 0.869.